The second kappa shape index (κ2) is 4.15. The van der Waals surface area contributed by atoms with Crippen LogP contribution in [0.25, 0.3) is 5.65 Å². The van der Waals surface area contributed by atoms with E-state index >= 15 is 0 Å². The highest BCUT2D eigenvalue weighted by Crippen LogP contribution is 2.44. The van der Waals surface area contributed by atoms with E-state index in [1.54, 1.807) is 19.9 Å². The number of nitrogens with zero attached hydrogens (tertiary/aromatic N) is 4. The average molecular weight is 285 g/mol. The van der Waals surface area contributed by atoms with Gasteiger partial charge in [-0.3, -0.25) is 4.40 Å². The molecule has 1 aliphatic rings. The Bertz CT molecular complexity index is 655. The number of aromatic nitrogens is 4. The summed E-state index contributed by atoms with van der Waals surface area (Å²) >= 11 is 0. The van der Waals surface area contributed by atoms with Gasteiger partial charge in [-0.05, 0) is 26.8 Å². The Morgan fingerprint density at radius 2 is 2.05 bits per heavy atom. The lowest BCUT2D eigenvalue weighted by atomic mass is 9.85. The van der Waals surface area contributed by atoms with Crippen molar-refractivity contribution >= 4 is 5.65 Å². The zero-order valence-electron chi connectivity index (χ0n) is 11.1. The zero-order chi connectivity index (χ0) is 14.5. The molecule has 3 heterocycles. The van der Waals surface area contributed by atoms with Gasteiger partial charge in [-0.15, -0.1) is 10.2 Å². The molecule has 5 nitrogen and oxygen atoms in total. The number of hydrogen-bond acceptors (Lipinski definition) is 4. The lowest BCUT2D eigenvalue weighted by Crippen LogP contribution is -2.46. The SMILES string of the molecule is Cc1cc2nnc(C3(C(F)(F)F)CCNC3)n2c(C)n1. The van der Waals surface area contributed by atoms with Gasteiger partial charge in [-0.1, -0.05) is 0 Å². The largest absolute Gasteiger partial charge is 0.402 e. The van der Waals surface area contributed by atoms with Crippen molar-refractivity contribution in [3.63, 3.8) is 0 Å². The van der Waals surface area contributed by atoms with Gasteiger partial charge in [-0.2, -0.15) is 13.2 Å². The van der Waals surface area contributed by atoms with Crippen LogP contribution in [0.3, 0.4) is 0 Å². The van der Waals surface area contributed by atoms with Gasteiger partial charge in [0.1, 0.15) is 11.2 Å². The summed E-state index contributed by atoms with van der Waals surface area (Å²) in [6.07, 6.45) is -4.42. The topological polar surface area (TPSA) is 55.1 Å². The Morgan fingerprint density at radius 3 is 2.65 bits per heavy atom. The van der Waals surface area contributed by atoms with Gasteiger partial charge < -0.3 is 5.32 Å². The zero-order valence-corrected chi connectivity index (χ0v) is 11.1. The molecule has 2 aromatic heterocycles. The van der Waals surface area contributed by atoms with E-state index < -0.39 is 11.6 Å². The highest BCUT2D eigenvalue weighted by atomic mass is 19.4. The normalized spacial score (nSPS) is 23.6. The maximum absolute atomic E-state index is 13.6. The van der Waals surface area contributed by atoms with Crippen LogP contribution in [0.15, 0.2) is 6.07 Å². The summed E-state index contributed by atoms with van der Waals surface area (Å²) in [5.74, 6) is 0.394. The first-order valence-electron chi connectivity index (χ1n) is 6.32. The van der Waals surface area contributed by atoms with Crippen LogP contribution in [-0.4, -0.2) is 38.8 Å². The molecule has 0 bridgehead atoms. The van der Waals surface area contributed by atoms with Gasteiger partial charge in [0.2, 0.25) is 0 Å². The number of rotatable bonds is 1. The minimum atomic E-state index is -4.38. The average Bonchev–Trinajstić information content (AvgIpc) is 2.92. The Kier molecular flexibility index (Phi) is 2.75. The molecule has 2 aromatic rings. The van der Waals surface area contributed by atoms with E-state index in [0.717, 1.165) is 0 Å². The minimum Gasteiger partial charge on any atom is -0.315 e. The van der Waals surface area contributed by atoms with Crippen LogP contribution in [0, 0.1) is 13.8 Å². The van der Waals surface area contributed by atoms with E-state index in [1.165, 1.54) is 4.40 Å². The molecule has 20 heavy (non-hydrogen) atoms. The molecule has 1 atom stereocenters. The second-order valence-electron chi connectivity index (χ2n) is 5.17. The summed E-state index contributed by atoms with van der Waals surface area (Å²) in [7, 11) is 0. The van der Waals surface area contributed by atoms with Crippen molar-refractivity contribution in [2.24, 2.45) is 0 Å². The summed E-state index contributed by atoms with van der Waals surface area (Å²) in [5.41, 5.74) is -0.881. The third kappa shape index (κ3) is 1.71. The molecule has 1 fully saturated rings. The van der Waals surface area contributed by atoms with E-state index in [2.05, 4.69) is 20.5 Å². The second-order valence-corrected chi connectivity index (χ2v) is 5.17. The number of alkyl halides is 3. The first kappa shape index (κ1) is 13.3. The van der Waals surface area contributed by atoms with Crippen molar-refractivity contribution in [3.05, 3.63) is 23.4 Å². The standard InChI is InChI=1S/C12H14F3N5/c1-7-5-9-18-19-10(20(9)8(2)17-7)11(12(13,14)15)3-4-16-6-11/h5,16H,3-4,6H2,1-2H3. The Morgan fingerprint density at radius 1 is 1.30 bits per heavy atom. The van der Waals surface area contributed by atoms with E-state index in [1.807, 2.05) is 0 Å². The molecule has 1 N–H and O–H groups in total. The monoisotopic (exact) mass is 285 g/mol. The molecule has 0 aliphatic carbocycles. The number of nitrogens with one attached hydrogen (secondary N) is 1. The highest BCUT2D eigenvalue weighted by Gasteiger charge is 2.60. The number of fused-ring (bicyclic) bond motifs is 1. The van der Waals surface area contributed by atoms with Crippen LogP contribution in [0.2, 0.25) is 0 Å². The summed E-state index contributed by atoms with van der Waals surface area (Å²) < 4.78 is 42.1. The van der Waals surface area contributed by atoms with Crippen molar-refractivity contribution < 1.29 is 13.2 Å². The fraction of sp³-hybridized carbons (Fsp3) is 0.583. The summed E-state index contributed by atoms with van der Waals surface area (Å²) in [6, 6.07) is 1.63. The Hall–Kier alpha value is -1.70. The van der Waals surface area contributed by atoms with Gasteiger partial charge in [-0.25, -0.2) is 4.98 Å². The molecule has 108 valence electrons. The van der Waals surface area contributed by atoms with Crippen LogP contribution in [0.1, 0.15) is 23.8 Å². The predicted octanol–water partition coefficient (Wildman–Crippen LogP) is 1.53. The molecule has 1 saturated heterocycles. The molecule has 0 saturated carbocycles. The van der Waals surface area contributed by atoms with Crippen molar-refractivity contribution in [2.45, 2.75) is 31.9 Å². The molecule has 0 spiro atoms. The molecular formula is C12H14F3N5. The molecule has 1 unspecified atom stereocenters. The molecule has 1 aliphatic heterocycles. The van der Waals surface area contributed by atoms with Crippen LogP contribution in [0.4, 0.5) is 13.2 Å². The number of hydrogen-bond donors (Lipinski definition) is 1. The van der Waals surface area contributed by atoms with Crippen LogP contribution < -0.4 is 5.32 Å². The maximum atomic E-state index is 13.6. The quantitative estimate of drug-likeness (QED) is 0.863. The molecular weight excluding hydrogens is 271 g/mol. The van der Waals surface area contributed by atoms with Gasteiger partial charge >= 0.3 is 6.18 Å². The smallest absolute Gasteiger partial charge is 0.315 e. The Labute approximate surface area is 113 Å². The summed E-state index contributed by atoms with van der Waals surface area (Å²) in [6.45, 7) is 3.58. The van der Waals surface area contributed by atoms with Crippen molar-refractivity contribution in [1.29, 1.82) is 0 Å². The molecule has 8 heteroatoms. The van der Waals surface area contributed by atoms with Gasteiger partial charge in [0.05, 0.1) is 0 Å². The van der Waals surface area contributed by atoms with Gasteiger partial charge in [0.25, 0.3) is 0 Å². The van der Waals surface area contributed by atoms with E-state index in [4.69, 9.17) is 0 Å². The van der Waals surface area contributed by atoms with Crippen molar-refractivity contribution in [2.75, 3.05) is 13.1 Å². The fourth-order valence-electron chi connectivity index (χ4n) is 2.79. The van der Waals surface area contributed by atoms with Gasteiger partial charge in [0, 0.05) is 18.3 Å². The van der Waals surface area contributed by atoms with Crippen molar-refractivity contribution in [3.8, 4) is 0 Å². The maximum Gasteiger partial charge on any atom is 0.402 e. The first-order chi connectivity index (χ1) is 9.35. The fourth-order valence-corrected chi connectivity index (χ4v) is 2.79. The predicted molar refractivity (Wildman–Crippen MR) is 65.5 cm³/mol. The van der Waals surface area contributed by atoms with Crippen LogP contribution in [-0.2, 0) is 5.41 Å². The summed E-state index contributed by atoms with van der Waals surface area (Å²) in [5, 5.41) is 10.5. The van der Waals surface area contributed by atoms with E-state index in [-0.39, 0.29) is 18.8 Å². The number of halogens is 3. The van der Waals surface area contributed by atoms with Crippen molar-refractivity contribution in [1.82, 2.24) is 24.9 Å². The molecule has 0 radical (unpaired) electrons. The van der Waals surface area contributed by atoms with E-state index in [0.29, 0.717) is 23.7 Å². The first-order valence-corrected chi connectivity index (χ1v) is 6.32. The summed E-state index contributed by atoms with van der Waals surface area (Å²) in [4.78, 5) is 4.21. The van der Waals surface area contributed by atoms with Crippen LogP contribution >= 0.6 is 0 Å². The lowest BCUT2D eigenvalue weighted by molar-refractivity contribution is -0.187. The highest BCUT2D eigenvalue weighted by molar-refractivity contribution is 5.42. The lowest BCUT2D eigenvalue weighted by Gasteiger charge is -2.29. The minimum absolute atomic E-state index is 0.0371. The Balaban J connectivity index is 2.28. The third-order valence-electron chi connectivity index (χ3n) is 3.81. The molecule has 0 aromatic carbocycles. The van der Waals surface area contributed by atoms with E-state index in [9.17, 15) is 13.2 Å². The molecule has 0 amide bonds. The van der Waals surface area contributed by atoms with Crippen LogP contribution in [0.5, 0.6) is 0 Å². The van der Waals surface area contributed by atoms with Gasteiger partial charge in [0.15, 0.2) is 11.5 Å². The third-order valence-corrected chi connectivity index (χ3v) is 3.81. The number of aryl methyl sites for hydroxylation is 2. The molecule has 3 rings (SSSR count).